The van der Waals surface area contributed by atoms with Crippen molar-refractivity contribution in [3.63, 3.8) is 0 Å². The van der Waals surface area contributed by atoms with Crippen LogP contribution in [0.4, 0.5) is 4.79 Å². The van der Waals surface area contributed by atoms with Crippen LogP contribution in [-0.4, -0.2) is 57.9 Å². The molecule has 4 heterocycles. The van der Waals surface area contributed by atoms with Crippen molar-refractivity contribution in [3.8, 4) is 0 Å². The fourth-order valence-corrected chi connectivity index (χ4v) is 3.83. The van der Waals surface area contributed by atoms with E-state index in [4.69, 9.17) is 9.57 Å². The highest BCUT2D eigenvalue weighted by molar-refractivity contribution is 5.94. The molecule has 4 atom stereocenters. The number of amides is 3. The average Bonchev–Trinajstić information content (AvgIpc) is 2.88. The highest BCUT2D eigenvalue weighted by atomic mass is 16.7. The monoisotopic (exact) mass is 371 g/mol. The molecule has 0 saturated carbocycles. The van der Waals surface area contributed by atoms with Crippen LogP contribution in [0.2, 0.25) is 0 Å². The first-order chi connectivity index (χ1) is 13.0. The van der Waals surface area contributed by atoms with Gasteiger partial charge in [-0.3, -0.25) is 14.4 Å². The lowest BCUT2D eigenvalue weighted by Crippen LogP contribution is -2.70. The Morgan fingerprint density at radius 3 is 2.59 bits per heavy atom. The Morgan fingerprint density at radius 1 is 1.22 bits per heavy atom. The number of nitrogens with zero attached hydrogens (tertiary/aromatic N) is 3. The maximum Gasteiger partial charge on any atom is 0.431 e. The quantitative estimate of drug-likeness (QED) is 0.586. The molecule has 0 aliphatic carbocycles. The topological polar surface area (TPSA) is 79.4 Å². The number of ether oxygens (including phenoxy) is 1. The maximum absolute atomic E-state index is 13.1. The predicted molar refractivity (Wildman–Crippen MR) is 93.7 cm³/mol. The minimum absolute atomic E-state index is 0.157. The van der Waals surface area contributed by atoms with Gasteiger partial charge in [-0.25, -0.2) is 9.80 Å². The fourth-order valence-electron chi connectivity index (χ4n) is 3.83. The molecule has 2 fully saturated rings. The van der Waals surface area contributed by atoms with Gasteiger partial charge in [0.1, 0.15) is 6.10 Å². The minimum Gasteiger partial charge on any atom is -0.448 e. The van der Waals surface area contributed by atoms with Crippen molar-refractivity contribution in [2.45, 2.75) is 39.1 Å². The Kier molecular flexibility index (Phi) is 4.15. The Hall–Kier alpha value is -2.87. The van der Waals surface area contributed by atoms with Crippen LogP contribution in [0.3, 0.4) is 0 Å². The molecule has 2 bridgehead atoms. The van der Waals surface area contributed by atoms with Crippen molar-refractivity contribution in [2.24, 2.45) is 5.92 Å². The molecular formula is C19H21N3O5. The minimum atomic E-state index is -0.894. The SMILES string of the molecule is CCOC(=O)N1[C@H]2C=C(C)[C@@H](ON2C(=O)c2ccccc2)[C@H]2[C@H](C)C(=O)N21. The largest absolute Gasteiger partial charge is 0.448 e. The number of rotatable bonds is 2. The molecule has 3 amide bonds. The summed E-state index contributed by atoms with van der Waals surface area (Å²) in [4.78, 5) is 44.3. The highest BCUT2D eigenvalue weighted by Crippen LogP contribution is 2.42. The van der Waals surface area contributed by atoms with Crippen molar-refractivity contribution in [1.82, 2.24) is 15.1 Å². The molecule has 0 unspecified atom stereocenters. The average molecular weight is 371 g/mol. The molecule has 4 aliphatic heterocycles. The zero-order valence-electron chi connectivity index (χ0n) is 15.4. The first kappa shape index (κ1) is 17.5. The number of hydrazine groups is 1. The summed E-state index contributed by atoms with van der Waals surface area (Å²) >= 11 is 0. The van der Waals surface area contributed by atoms with Crippen LogP contribution in [0.15, 0.2) is 42.0 Å². The van der Waals surface area contributed by atoms with Crippen LogP contribution in [0.1, 0.15) is 31.1 Å². The standard InChI is InChI=1S/C19H21N3O5/c1-4-26-19(25)20-14-10-11(2)16(15-12(3)17(23)21(15)20)27-22(14)18(24)13-8-6-5-7-9-13/h5-10,12,14-16H,4H2,1-3H3/t12-,14+,15+,16+/m0/s1. The molecule has 5 rings (SSSR count). The number of hydrogen-bond acceptors (Lipinski definition) is 5. The van der Waals surface area contributed by atoms with Crippen LogP contribution < -0.4 is 0 Å². The second kappa shape index (κ2) is 6.38. The maximum atomic E-state index is 13.1. The molecule has 8 heteroatoms. The van der Waals surface area contributed by atoms with Crippen molar-refractivity contribution < 1.29 is 24.0 Å². The van der Waals surface area contributed by atoms with Crippen LogP contribution in [0.5, 0.6) is 0 Å². The summed E-state index contributed by atoms with van der Waals surface area (Å²) in [6, 6.07) is 8.32. The Morgan fingerprint density at radius 2 is 1.93 bits per heavy atom. The molecule has 1 aromatic carbocycles. The van der Waals surface area contributed by atoms with E-state index in [9.17, 15) is 14.4 Å². The summed E-state index contributed by atoms with van der Waals surface area (Å²) in [6.45, 7) is 5.52. The lowest BCUT2D eigenvalue weighted by Gasteiger charge is -2.49. The van der Waals surface area contributed by atoms with E-state index in [2.05, 4.69) is 0 Å². The zero-order valence-corrected chi connectivity index (χ0v) is 15.4. The van der Waals surface area contributed by atoms with E-state index in [-0.39, 0.29) is 30.4 Å². The number of carbonyl (C=O) groups excluding carboxylic acids is 3. The van der Waals surface area contributed by atoms with Gasteiger partial charge >= 0.3 is 6.09 Å². The summed E-state index contributed by atoms with van der Waals surface area (Å²) in [5, 5.41) is 3.75. The second-order valence-electron chi connectivity index (χ2n) is 6.85. The van der Waals surface area contributed by atoms with Crippen molar-refractivity contribution in [1.29, 1.82) is 0 Å². The van der Waals surface area contributed by atoms with Gasteiger partial charge in [0.2, 0.25) is 5.91 Å². The van der Waals surface area contributed by atoms with Gasteiger partial charge < -0.3 is 4.74 Å². The third-order valence-electron chi connectivity index (χ3n) is 5.21. The number of hydrogen-bond donors (Lipinski definition) is 0. The van der Waals surface area contributed by atoms with Gasteiger partial charge in [-0.1, -0.05) is 25.1 Å². The Balaban J connectivity index is 1.77. The number of carbonyl (C=O) groups is 3. The van der Waals surface area contributed by atoms with Crippen molar-refractivity contribution in [3.05, 3.63) is 47.5 Å². The van der Waals surface area contributed by atoms with Crippen LogP contribution in [0, 0.1) is 5.92 Å². The van der Waals surface area contributed by atoms with Gasteiger partial charge in [0, 0.05) is 5.56 Å². The Bertz CT molecular complexity index is 824. The van der Waals surface area contributed by atoms with E-state index < -0.39 is 18.4 Å². The molecule has 8 nitrogen and oxygen atoms in total. The predicted octanol–water partition coefficient (Wildman–Crippen LogP) is 1.95. The van der Waals surface area contributed by atoms with Crippen LogP contribution >= 0.6 is 0 Å². The molecule has 4 aliphatic rings. The van der Waals surface area contributed by atoms with Gasteiger partial charge in [0.15, 0.2) is 6.17 Å². The smallest absolute Gasteiger partial charge is 0.431 e. The lowest BCUT2D eigenvalue weighted by atomic mass is 9.84. The van der Waals surface area contributed by atoms with E-state index in [1.54, 1.807) is 44.2 Å². The third kappa shape index (κ3) is 2.51. The molecule has 0 spiro atoms. The lowest BCUT2D eigenvalue weighted by molar-refractivity contribution is -0.187. The molecule has 27 heavy (non-hydrogen) atoms. The first-order valence-electron chi connectivity index (χ1n) is 8.98. The molecule has 1 aromatic rings. The first-order valence-corrected chi connectivity index (χ1v) is 8.98. The number of β-lactam (4-membered cyclic amide) rings is 1. The number of hydroxylamine groups is 2. The zero-order chi connectivity index (χ0) is 19.3. The van der Waals surface area contributed by atoms with Crippen molar-refractivity contribution >= 4 is 17.9 Å². The van der Waals surface area contributed by atoms with Gasteiger partial charge in [0.25, 0.3) is 5.91 Å². The normalized spacial score (nSPS) is 28.9. The summed E-state index contributed by atoms with van der Waals surface area (Å²) < 4.78 is 5.16. The second-order valence-corrected chi connectivity index (χ2v) is 6.85. The number of benzene rings is 1. The van der Waals surface area contributed by atoms with Gasteiger partial charge in [0.05, 0.1) is 18.6 Å². The van der Waals surface area contributed by atoms with E-state index >= 15 is 0 Å². The molecule has 0 radical (unpaired) electrons. The van der Waals surface area contributed by atoms with Crippen molar-refractivity contribution in [2.75, 3.05) is 6.61 Å². The van der Waals surface area contributed by atoms with E-state index in [1.165, 1.54) is 15.1 Å². The summed E-state index contributed by atoms with van der Waals surface area (Å²) in [7, 11) is 0. The van der Waals surface area contributed by atoms with Crippen LogP contribution in [-0.2, 0) is 14.4 Å². The summed E-state index contributed by atoms with van der Waals surface area (Å²) in [6.07, 6.45) is -0.297. The summed E-state index contributed by atoms with van der Waals surface area (Å²) in [5.41, 5.74) is 1.31. The molecule has 0 aromatic heterocycles. The molecule has 0 N–H and O–H groups in total. The van der Waals surface area contributed by atoms with Gasteiger partial charge in [-0.15, -0.1) is 0 Å². The third-order valence-corrected chi connectivity index (χ3v) is 5.21. The van der Waals surface area contributed by atoms with Gasteiger partial charge in [-0.2, -0.15) is 10.1 Å². The van der Waals surface area contributed by atoms with Gasteiger partial charge in [-0.05, 0) is 37.6 Å². The highest BCUT2D eigenvalue weighted by Gasteiger charge is 2.61. The van der Waals surface area contributed by atoms with E-state index in [0.29, 0.717) is 5.56 Å². The van der Waals surface area contributed by atoms with Crippen LogP contribution in [0.25, 0.3) is 0 Å². The molecular weight excluding hydrogens is 350 g/mol. The van der Waals surface area contributed by atoms with E-state index in [0.717, 1.165) is 5.57 Å². The molecule has 142 valence electrons. The number of fused-ring (bicyclic) bond motifs is 1. The summed E-state index contributed by atoms with van der Waals surface area (Å²) in [5.74, 6) is -0.893. The fraction of sp³-hybridized carbons (Fsp3) is 0.421. The molecule has 2 saturated heterocycles. The Labute approximate surface area is 156 Å². The van der Waals surface area contributed by atoms with E-state index in [1.807, 2.05) is 13.0 Å².